The quantitative estimate of drug-likeness (QED) is 0.911. The van der Waals surface area contributed by atoms with Crippen LogP contribution in [0.3, 0.4) is 0 Å². The first-order valence-corrected chi connectivity index (χ1v) is 7.39. The standard InChI is InChI=1S/C14H21BrN2/c1-11(12-5-3-2-4-6-12)16-10-14-8-7-13(15)9-17-14/h7-9,11-12,16H,2-6,10H2,1H3. The summed E-state index contributed by atoms with van der Waals surface area (Å²) >= 11 is 3.41. The minimum atomic E-state index is 0.612. The Balaban J connectivity index is 1.78. The van der Waals surface area contributed by atoms with Crippen molar-refractivity contribution in [2.24, 2.45) is 5.92 Å². The summed E-state index contributed by atoms with van der Waals surface area (Å²) in [5.74, 6) is 0.860. The molecule has 0 spiro atoms. The molecule has 0 saturated heterocycles. The number of aromatic nitrogens is 1. The molecule has 3 heteroatoms. The third kappa shape index (κ3) is 4.07. The summed E-state index contributed by atoms with van der Waals surface area (Å²) in [6.45, 7) is 3.19. The topological polar surface area (TPSA) is 24.9 Å². The molecule has 94 valence electrons. The molecule has 1 N–H and O–H groups in total. The maximum Gasteiger partial charge on any atom is 0.0542 e. The number of rotatable bonds is 4. The summed E-state index contributed by atoms with van der Waals surface area (Å²) in [6.07, 6.45) is 8.89. The van der Waals surface area contributed by atoms with Gasteiger partial charge in [0.15, 0.2) is 0 Å². The first-order valence-electron chi connectivity index (χ1n) is 6.59. The van der Waals surface area contributed by atoms with Crippen molar-refractivity contribution < 1.29 is 0 Å². The molecule has 1 aromatic heterocycles. The Hall–Kier alpha value is -0.410. The monoisotopic (exact) mass is 296 g/mol. The van der Waals surface area contributed by atoms with E-state index in [1.165, 1.54) is 32.1 Å². The van der Waals surface area contributed by atoms with Gasteiger partial charge in [-0.3, -0.25) is 4.98 Å². The van der Waals surface area contributed by atoms with Gasteiger partial charge in [-0.15, -0.1) is 0 Å². The van der Waals surface area contributed by atoms with Crippen molar-refractivity contribution in [2.75, 3.05) is 0 Å². The lowest BCUT2D eigenvalue weighted by molar-refractivity contribution is 0.280. The molecule has 1 aliphatic carbocycles. The van der Waals surface area contributed by atoms with E-state index in [4.69, 9.17) is 0 Å². The van der Waals surface area contributed by atoms with E-state index in [-0.39, 0.29) is 0 Å². The van der Waals surface area contributed by atoms with Crippen molar-refractivity contribution in [3.05, 3.63) is 28.5 Å². The van der Waals surface area contributed by atoms with Crippen LogP contribution in [0.1, 0.15) is 44.7 Å². The molecule has 17 heavy (non-hydrogen) atoms. The van der Waals surface area contributed by atoms with Gasteiger partial charge in [-0.05, 0) is 53.7 Å². The minimum Gasteiger partial charge on any atom is -0.308 e. The number of hydrogen-bond donors (Lipinski definition) is 1. The van der Waals surface area contributed by atoms with Crippen molar-refractivity contribution >= 4 is 15.9 Å². The highest BCUT2D eigenvalue weighted by molar-refractivity contribution is 9.10. The van der Waals surface area contributed by atoms with E-state index in [0.717, 1.165) is 22.6 Å². The lowest BCUT2D eigenvalue weighted by Crippen LogP contribution is -2.34. The molecular weight excluding hydrogens is 276 g/mol. The van der Waals surface area contributed by atoms with Crippen LogP contribution in [-0.2, 0) is 6.54 Å². The van der Waals surface area contributed by atoms with E-state index in [2.05, 4.69) is 45.3 Å². The highest BCUT2D eigenvalue weighted by atomic mass is 79.9. The Morgan fingerprint density at radius 3 is 2.76 bits per heavy atom. The Morgan fingerprint density at radius 2 is 2.12 bits per heavy atom. The Labute approximate surface area is 112 Å². The maximum atomic E-state index is 4.39. The van der Waals surface area contributed by atoms with Gasteiger partial charge < -0.3 is 5.32 Å². The van der Waals surface area contributed by atoms with Gasteiger partial charge in [0.2, 0.25) is 0 Å². The molecule has 0 bridgehead atoms. The number of pyridine rings is 1. The molecule has 1 saturated carbocycles. The molecule has 1 atom stereocenters. The van der Waals surface area contributed by atoms with Crippen molar-refractivity contribution in [3.8, 4) is 0 Å². The molecule has 2 nitrogen and oxygen atoms in total. The third-order valence-corrected chi connectivity index (χ3v) is 4.22. The summed E-state index contributed by atoms with van der Waals surface area (Å²) in [5.41, 5.74) is 1.12. The highest BCUT2D eigenvalue weighted by Gasteiger charge is 2.19. The van der Waals surface area contributed by atoms with E-state index in [0.29, 0.717) is 6.04 Å². The van der Waals surface area contributed by atoms with E-state index < -0.39 is 0 Å². The second kappa shape index (κ2) is 6.50. The maximum absolute atomic E-state index is 4.39. The summed E-state index contributed by atoms with van der Waals surface area (Å²) in [6, 6.07) is 4.74. The van der Waals surface area contributed by atoms with Crippen LogP contribution in [0.4, 0.5) is 0 Å². The Bertz CT molecular complexity index is 331. The fraction of sp³-hybridized carbons (Fsp3) is 0.643. The lowest BCUT2D eigenvalue weighted by Gasteiger charge is -2.28. The molecule has 0 aromatic carbocycles. The van der Waals surface area contributed by atoms with Crippen LogP contribution in [-0.4, -0.2) is 11.0 Å². The van der Waals surface area contributed by atoms with Crippen LogP contribution in [0.5, 0.6) is 0 Å². The van der Waals surface area contributed by atoms with E-state index in [9.17, 15) is 0 Å². The predicted octanol–water partition coefficient (Wildman–Crippen LogP) is 3.90. The second-order valence-electron chi connectivity index (χ2n) is 5.04. The van der Waals surface area contributed by atoms with Crippen LogP contribution in [0.2, 0.25) is 0 Å². The average molecular weight is 297 g/mol. The van der Waals surface area contributed by atoms with Crippen LogP contribution >= 0.6 is 15.9 Å². The van der Waals surface area contributed by atoms with Gasteiger partial charge in [0.25, 0.3) is 0 Å². The first kappa shape index (κ1) is 13.0. The first-order chi connectivity index (χ1) is 8.25. The average Bonchev–Trinajstić information content (AvgIpc) is 2.39. The Morgan fingerprint density at radius 1 is 1.35 bits per heavy atom. The van der Waals surface area contributed by atoms with Crippen molar-refractivity contribution in [2.45, 2.75) is 51.6 Å². The normalized spacial score (nSPS) is 19.2. The number of nitrogens with zero attached hydrogens (tertiary/aromatic N) is 1. The molecule has 2 rings (SSSR count). The zero-order valence-electron chi connectivity index (χ0n) is 10.5. The number of nitrogens with one attached hydrogen (secondary N) is 1. The van der Waals surface area contributed by atoms with Gasteiger partial charge in [-0.25, -0.2) is 0 Å². The highest BCUT2D eigenvalue weighted by Crippen LogP contribution is 2.26. The minimum absolute atomic E-state index is 0.612. The molecule has 1 heterocycles. The van der Waals surface area contributed by atoms with Gasteiger partial charge >= 0.3 is 0 Å². The molecular formula is C14H21BrN2. The van der Waals surface area contributed by atoms with Gasteiger partial charge in [-0.2, -0.15) is 0 Å². The van der Waals surface area contributed by atoms with Crippen LogP contribution < -0.4 is 5.32 Å². The fourth-order valence-corrected chi connectivity index (χ4v) is 2.81. The fourth-order valence-electron chi connectivity index (χ4n) is 2.58. The molecule has 1 unspecified atom stereocenters. The third-order valence-electron chi connectivity index (χ3n) is 3.75. The van der Waals surface area contributed by atoms with Crippen LogP contribution in [0.25, 0.3) is 0 Å². The number of hydrogen-bond acceptors (Lipinski definition) is 2. The molecule has 0 amide bonds. The number of halogens is 1. The van der Waals surface area contributed by atoms with Gasteiger partial charge in [0.05, 0.1) is 5.69 Å². The molecule has 0 radical (unpaired) electrons. The summed E-state index contributed by atoms with van der Waals surface area (Å²) in [5, 5.41) is 3.61. The van der Waals surface area contributed by atoms with Crippen molar-refractivity contribution in [1.82, 2.24) is 10.3 Å². The zero-order valence-corrected chi connectivity index (χ0v) is 12.0. The summed E-state index contributed by atoms with van der Waals surface area (Å²) in [7, 11) is 0. The predicted molar refractivity (Wildman–Crippen MR) is 74.8 cm³/mol. The molecule has 1 fully saturated rings. The van der Waals surface area contributed by atoms with Gasteiger partial charge in [-0.1, -0.05) is 19.3 Å². The van der Waals surface area contributed by atoms with E-state index >= 15 is 0 Å². The van der Waals surface area contributed by atoms with Crippen LogP contribution in [0, 0.1) is 5.92 Å². The largest absolute Gasteiger partial charge is 0.308 e. The Kier molecular flexibility index (Phi) is 4.99. The van der Waals surface area contributed by atoms with Gasteiger partial charge in [0, 0.05) is 23.3 Å². The smallest absolute Gasteiger partial charge is 0.0542 e. The van der Waals surface area contributed by atoms with Crippen LogP contribution in [0.15, 0.2) is 22.8 Å². The zero-order chi connectivity index (χ0) is 12.1. The van der Waals surface area contributed by atoms with Gasteiger partial charge in [0.1, 0.15) is 0 Å². The molecule has 1 aromatic rings. The second-order valence-corrected chi connectivity index (χ2v) is 5.95. The SMILES string of the molecule is CC(NCc1ccc(Br)cn1)C1CCCCC1. The molecule has 0 aliphatic heterocycles. The van der Waals surface area contributed by atoms with Crippen molar-refractivity contribution in [3.63, 3.8) is 0 Å². The van der Waals surface area contributed by atoms with E-state index in [1.54, 1.807) is 0 Å². The van der Waals surface area contributed by atoms with Crippen molar-refractivity contribution in [1.29, 1.82) is 0 Å². The lowest BCUT2D eigenvalue weighted by atomic mass is 9.84. The summed E-state index contributed by atoms with van der Waals surface area (Å²) < 4.78 is 1.04. The van der Waals surface area contributed by atoms with E-state index in [1.807, 2.05) is 6.20 Å². The molecule has 1 aliphatic rings. The summed E-state index contributed by atoms with van der Waals surface area (Å²) in [4.78, 5) is 4.39.